The van der Waals surface area contributed by atoms with Crippen molar-refractivity contribution in [3.05, 3.63) is 103 Å². The number of amides is 1. The Balaban J connectivity index is 1.32. The molecule has 0 aliphatic rings. The Morgan fingerprint density at radius 3 is 2.59 bits per heavy atom. The number of benzene rings is 3. The molecule has 5 aromatic rings. The number of methoxy groups -OCH3 is 1. The number of nitrogens with one attached hydrogen (secondary N) is 2. The lowest BCUT2D eigenvalue weighted by Gasteiger charge is -2.15. The Kier molecular flexibility index (Phi) is 6.76. The van der Waals surface area contributed by atoms with Gasteiger partial charge in [-0.25, -0.2) is 9.97 Å². The van der Waals surface area contributed by atoms with Gasteiger partial charge in [-0.2, -0.15) is 0 Å². The summed E-state index contributed by atoms with van der Waals surface area (Å²) in [6.07, 6.45) is 5.20. The second-order valence-electron chi connectivity index (χ2n) is 8.85. The van der Waals surface area contributed by atoms with Crippen LogP contribution in [0.15, 0.2) is 91.4 Å². The molecule has 5 rings (SSSR count). The van der Waals surface area contributed by atoms with Crippen molar-refractivity contribution < 1.29 is 9.53 Å². The summed E-state index contributed by atoms with van der Waals surface area (Å²) in [5, 5.41) is 8.46. The molecule has 0 bridgehead atoms. The van der Waals surface area contributed by atoms with Crippen LogP contribution in [0.4, 0.5) is 17.3 Å². The van der Waals surface area contributed by atoms with E-state index in [0.717, 1.165) is 44.6 Å². The van der Waals surface area contributed by atoms with Crippen molar-refractivity contribution in [1.82, 2.24) is 15.0 Å². The molecular weight excluding hydrogens is 462 g/mol. The van der Waals surface area contributed by atoms with Gasteiger partial charge in [-0.15, -0.1) is 0 Å². The average molecular weight is 490 g/mol. The monoisotopic (exact) mass is 489 g/mol. The van der Waals surface area contributed by atoms with E-state index in [2.05, 4.69) is 25.6 Å². The maximum Gasteiger partial charge on any atom is 0.231 e. The molecule has 1 atom stereocenters. The van der Waals surface area contributed by atoms with E-state index in [1.807, 2.05) is 86.6 Å². The maximum absolute atomic E-state index is 13.1. The second-order valence-corrected chi connectivity index (χ2v) is 8.85. The van der Waals surface area contributed by atoms with Gasteiger partial charge in [0.1, 0.15) is 5.75 Å². The third kappa shape index (κ3) is 5.41. The van der Waals surface area contributed by atoms with Crippen LogP contribution < -0.4 is 15.4 Å². The van der Waals surface area contributed by atoms with Gasteiger partial charge in [-0.1, -0.05) is 30.3 Å². The summed E-state index contributed by atoms with van der Waals surface area (Å²) in [6.45, 7) is 3.90. The van der Waals surface area contributed by atoms with Crippen molar-refractivity contribution >= 4 is 34.0 Å². The van der Waals surface area contributed by atoms with E-state index in [4.69, 9.17) is 4.74 Å². The minimum atomic E-state index is -0.330. The van der Waals surface area contributed by atoms with Crippen LogP contribution in [-0.2, 0) is 4.79 Å². The average Bonchev–Trinajstić information content (AvgIpc) is 2.94. The smallest absolute Gasteiger partial charge is 0.231 e. The number of anilines is 3. The van der Waals surface area contributed by atoms with E-state index < -0.39 is 0 Å². The van der Waals surface area contributed by atoms with E-state index in [1.54, 1.807) is 25.7 Å². The Morgan fingerprint density at radius 1 is 0.946 bits per heavy atom. The summed E-state index contributed by atoms with van der Waals surface area (Å²) >= 11 is 0. The summed E-state index contributed by atoms with van der Waals surface area (Å²) in [4.78, 5) is 26.3. The van der Waals surface area contributed by atoms with E-state index in [1.165, 1.54) is 0 Å². The van der Waals surface area contributed by atoms with E-state index in [-0.39, 0.29) is 11.8 Å². The Labute approximate surface area is 215 Å². The van der Waals surface area contributed by atoms with Crippen LogP contribution in [0.1, 0.15) is 24.0 Å². The van der Waals surface area contributed by atoms with Crippen LogP contribution in [0, 0.1) is 6.92 Å². The molecule has 0 aliphatic heterocycles. The Morgan fingerprint density at radius 2 is 1.78 bits per heavy atom. The van der Waals surface area contributed by atoms with E-state index >= 15 is 0 Å². The second kappa shape index (κ2) is 10.5. The first kappa shape index (κ1) is 23.9. The molecule has 0 spiro atoms. The van der Waals surface area contributed by atoms with E-state index in [0.29, 0.717) is 11.6 Å². The highest BCUT2D eigenvalue weighted by Gasteiger charge is 2.17. The molecule has 1 unspecified atom stereocenters. The first-order chi connectivity index (χ1) is 18.0. The zero-order chi connectivity index (χ0) is 25.8. The van der Waals surface area contributed by atoms with Crippen LogP contribution in [-0.4, -0.2) is 28.0 Å². The van der Waals surface area contributed by atoms with Crippen LogP contribution in [0.5, 0.6) is 5.75 Å². The predicted octanol–water partition coefficient (Wildman–Crippen LogP) is 6.49. The summed E-state index contributed by atoms with van der Waals surface area (Å²) in [5.41, 5.74) is 5.14. The molecule has 7 heteroatoms. The summed E-state index contributed by atoms with van der Waals surface area (Å²) in [6, 6.07) is 23.4. The number of aromatic nitrogens is 3. The fourth-order valence-electron chi connectivity index (χ4n) is 4.09. The van der Waals surface area contributed by atoms with Gasteiger partial charge in [0.05, 0.1) is 18.7 Å². The van der Waals surface area contributed by atoms with Crippen molar-refractivity contribution in [1.29, 1.82) is 0 Å². The standard InChI is InChI=1S/C30H27N5O2/c1-19-6-10-25(17-28(19)35-30-32-14-12-27(34-30)24-5-4-13-31-18-24)33-29(36)20(2)21-7-8-23-16-26(37-3)11-9-22(23)15-21/h4-18,20H,1-3H3,(H,33,36)(H,32,34,35). The van der Waals surface area contributed by atoms with Gasteiger partial charge < -0.3 is 15.4 Å². The van der Waals surface area contributed by atoms with Crippen LogP contribution in [0.2, 0.25) is 0 Å². The van der Waals surface area contributed by atoms with Gasteiger partial charge >= 0.3 is 0 Å². The van der Waals surface area contributed by atoms with Crippen molar-refractivity contribution in [2.45, 2.75) is 19.8 Å². The SMILES string of the molecule is COc1ccc2cc(C(C)C(=O)Nc3ccc(C)c(Nc4nccc(-c5cccnc5)n4)c3)ccc2c1. The number of carbonyl (C=O) groups excluding carboxylic acids is 1. The van der Waals surface area contributed by atoms with Crippen LogP contribution >= 0.6 is 0 Å². The molecule has 37 heavy (non-hydrogen) atoms. The number of hydrogen-bond acceptors (Lipinski definition) is 6. The molecule has 0 aliphatic carbocycles. The molecule has 2 aromatic heterocycles. The Hall–Kier alpha value is -4.78. The number of ether oxygens (including phenoxy) is 1. The number of pyridine rings is 1. The van der Waals surface area contributed by atoms with Gasteiger partial charge in [0, 0.05) is 35.5 Å². The van der Waals surface area contributed by atoms with Gasteiger partial charge in [0.25, 0.3) is 0 Å². The molecule has 7 nitrogen and oxygen atoms in total. The quantitative estimate of drug-likeness (QED) is 0.271. The fourth-order valence-corrected chi connectivity index (χ4v) is 4.09. The van der Waals surface area contributed by atoms with Crippen molar-refractivity contribution in [3.63, 3.8) is 0 Å². The van der Waals surface area contributed by atoms with Gasteiger partial charge in [0.15, 0.2) is 0 Å². The maximum atomic E-state index is 13.1. The first-order valence-electron chi connectivity index (χ1n) is 12.0. The number of rotatable bonds is 7. The Bertz CT molecular complexity index is 1570. The lowest BCUT2D eigenvalue weighted by Crippen LogP contribution is -2.19. The normalized spacial score (nSPS) is 11.6. The predicted molar refractivity (Wildman–Crippen MR) is 147 cm³/mol. The van der Waals surface area contributed by atoms with Gasteiger partial charge in [-0.3, -0.25) is 9.78 Å². The third-order valence-electron chi connectivity index (χ3n) is 6.33. The molecule has 3 aromatic carbocycles. The highest BCUT2D eigenvalue weighted by atomic mass is 16.5. The highest BCUT2D eigenvalue weighted by Crippen LogP contribution is 2.28. The highest BCUT2D eigenvalue weighted by molar-refractivity contribution is 5.97. The molecule has 2 heterocycles. The van der Waals surface area contributed by atoms with Crippen molar-refractivity contribution in [3.8, 4) is 17.0 Å². The number of hydrogen-bond donors (Lipinski definition) is 2. The largest absolute Gasteiger partial charge is 0.497 e. The zero-order valence-electron chi connectivity index (χ0n) is 20.9. The third-order valence-corrected chi connectivity index (χ3v) is 6.33. The van der Waals surface area contributed by atoms with Gasteiger partial charge in [0.2, 0.25) is 11.9 Å². The van der Waals surface area contributed by atoms with Gasteiger partial charge in [-0.05, 0) is 78.2 Å². The van der Waals surface area contributed by atoms with E-state index in [9.17, 15) is 4.79 Å². The minimum Gasteiger partial charge on any atom is -0.497 e. The summed E-state index contributed by atoms with van der Waals surface area (Å²) < 4.78 is 5.31. The zero-order valence-corrected chi connectivity index (χ0v) is 20.9. The summed E-state index contributed by atoms with van der Waals surface area (Å²) in [7, 11) is 1.65. The molecule has 184 valence electrons. The lowest BCUT2D eigenvalue weighted by molar-refractivity contribution is -0.117. The number of carbonyl (C=O) groups is 1. The molecule has 1 amide bonds. The van der Waals surface area contributed by atoms with Crippen molar-refractivity contribution in [2.75, 3.05) is 17.7 Å². The lowest BCUT2D eigenvalue weighted by atomic mass is 9.97. The molecule has 0 radical (unpaired) electrons. The summed E-state index contributed by atoms with van der Waals surface area (Å²) in [5.74, 6) is 0.860. The molecule has 0 saturated carbocycles. The number of nitrogens with zero attached hydrogens (tertiary/aromatic N) is 3. The first-order valence-corrected chi connectivity index (χ1v) is 12.0. The fraction of sp³-hybridized carbons (Fsp3) is 0.133. The van der Waals surface area contributed by atoms with Crippen LogP contribution in [0.25, 0.3) is 22.0 Å². The molecular formula is C30H27N5O2. The van der Waals surface area contributed by atoms with Crippen molar-refractivity contribution in [2.24, 2.45) is 0 Å². The number of aryl methyl sites for hydroxylation is 1. The molecule has 0 fully saturated rings. The molecule has 0 saturated heterocycles. The topological polar surface area (TPSA) is 89.0 Å². The number of fused-ring (bicyclic) bond motifs is 1. The minimum absolute atomic E-state index is 0.0857. The molecule has 2 N–H and O–H groups in total. The van der Waals surface area contributed by atoms with Crippen LogP contribution in [0.3, 0.4) is 0 Å².